The van der Waals surface area contributed by atoms with Gasteiger partial charge in [0, 0.05) is 22.7 Å². The summed E-state index contributed by atoms with van der Waals surface area (Å²) in [7, 11) is 0. The molecular weight excluding hydrogens is 355 g/mol. The van der Waals surface area contributed by atoms with Crippen LogP contribution in [0.3, 0.4) is 0 Å². The van der Waals surface area contributed by atoms with E-state index in [1.165, 1.54) is 28.0 Å². The first kappa shape index (κ1) is 16.3. The minimum Gasteiger partial charge on any atom is -0.291 e. The summed E-state index contributed by atoms with van der Waals surface area (Å²) in [6.07, 6.45) is 3.28. The molecule has 7 heteroatoms. The van der Waals surface area contributed by atoms with E-state index >= 15 is 0 Å². The maximum Gasteiger partial charge on any atom is 0.330 e. The van der Waals surface area contributed by atoms with Gasteiger partial charge in [0.05, 0.1) is 29.5 Å². The fraction of sp³-hybridized carbons (Fsp3) is 0.105. The molecule has 0 radical (unpaired) electrons. The third-order valence-electron chi connectivity index (χ3n) is 4.37. The van der Waals surface area contributed by atoms with Crippen molar-refractivity contribution in [3.05, 3.63) is 65.7 Å². The summed E-state index contributed by atoms with van der Waals surface area (Å²) in [5.41, 5.74) is 1.01. The Kier molecular flexibility index (Phi) is 3.94. The van der Waals surface area contributed by atoms with Crippen molar-refractivity contribution in [3.63, 3.8) is 0 Å². The highest BCUT2D eigenvalue weighted by Gasteiger charge is 2.40. The molecule has 5 nitrogen and oxygen atoms in total. The number of hydrogen-bond donors (Lipinski definition) is 0. The molecule has 3 aromatic rings. The first-order chi connectivity index (χ1) is 12.6. The van der Waals surface area contributed by atoms with Gasteiger partial charge in [0.2, 0.25) is 0 Å². The number of carbonyl (C=O) groups is 1. The molecule has 4 rings (SSSR count). The van der Waals surface area contributed by atoms with Crippen molar-refractivity contribution in [3.8, 4) is 6.07 Å². The smallest absolute Gasteiger partial charge is 0.291 e. The fourth-order valence-electron chi connectivity index (χ4n) is 3.13. The monoisotopic (exact) mass is 366 g/mol. The number of nitriles is 1. The van der Waals surface area contributed by atoms with Crippen LogP contribution in [-0.4, -0.2) is 23.6 Å². The molecule has 2 amide bonds. The van der Waals surface area contributed by atoms with Gasteiger partial charge < -0.3 is 0 Å². The van der Waals surface area contributed by atoms with Crippen molar-refractivity contribution in [1.82, 2.24) is 4.98 Å². The molecule has 1 fully saturated rings. The molecule has 1 aliphatic rings. The molecule has 1 aromatic heterocycles. The van der Waals surface area contributed by atoms with E-state index in [0.29, 0.717) is 11.4 Å². The van der Waals surface area contributed by atoms with Crippen molar-refractivity contribution >= 4 is 39.8 Å². The number of pyridine rings is 1. The average Bonchev–Trinajstić information content (AvgIpc) is 3.00. The van der Waals surface area contributed by atoms with Gasteiger partial charge in [0.15, 0.2) is 0 Å². The standard InChI is InChI=1S/C19H12ClFN4O/c20-16-7-13(5-6-17(16)21)24-11-14(8-22)25(19(24)26)18-10-23-9-12-3-1-2-4-15(12)18/h1-7,9-10,14H,11H2/t14-/m0/s1. The topological polar surface area (TPSA) is 60.2 Å². The Bertz CT molecular complexity index is 1060. The van der Waals surface area contributed by atoms with Crippen LogP contribution in [0, 0.1) is 17.1 Å². The van der Waals surface area contributed by atoms with Crippen LogP contribution in [0.4, 0.5) is 20.6 Å². The number of benzene rings is 2. The number of rotatable bonds is 2. The van der Waals surface area contributed by atoms with Crippen molar-refractivity contribution in [1.29, 1.82) is 5.26 Å². The van der Waals surface area contributed by atoms with E-state index in [0.717, 1.165) is 10.8 Å². The van der Waals surface area contributed by atoms with Gasteiger partial charge in [-0.05, 0) is 18.2 Å². The Balaban J connectivity index is 1.80. The third-order valence-corrected chi connectivity index (χ3v) is 4.66. The summed E-state index contributed by atoms with van der Waals surface area (Å²) in [4.78, 5) is 20.1. The van der Waals surface area contributed by atoms with Gasteiger partial charge in [0.1, 0.15) is 11.9 Å². The first-order valence-electron chi connectivity index (χ1n) is 7.88. The Morgan fingerprint density at radius 1 is 1.23 bits per heavy atom. The fourth-order valence-corrected chi connectivity index (χ4v) is 3.30. The van der Waals surface area contributed by atoms with Gasteiger partial charge in [-0.25, -0.2) is 9.18 Å². The van der Waals surface area contributed by atoms with Crippen LogP contribution in [0.1, 0.15) is 0 Å². The predicted molar refractivity (Wildman–Crippen MR) is 97.8 cm³/mol. The molecule has 128 valence electrons. The molecule has 2 aromatic carbocycles. The number of hydrogen-bond acceptors (Lipinski definition) is 3. The minimum absolute atomic E-state index is 0.0749. The summed E-state index contributed by atoms with van der Waals surface area (Å²) in [6.45, 7) is 0.153. The third kappa shape index (κ3) is 2.54. The van der Waals surface area contributed by atoms with Gasteiger partial charge in [-0.15, -0.1) is 0 Å². The molecule has 0 spiro atoms. The molecule has 1 atom stereocenters. The number of fused-ring (bicyclic) bond motifs is 1. The van der Waals surface area contributed by atoms with E-state index in [4.69, 9.17) is 11.6 Å². The molecule has 2 heterocycles. The number of amides is 2. The van der Waals surface area contributed by atoms with Gasteiger partial charge in [-0.1, -0.05) is 35.9 Å². The SMILES string of the molecule is N#C[C@H]1CN(c2ccc(F)c(Cl)c2)C(=O)N1c1cncc2ccccc12. The van der Waals surface area contributed by atoms with Gasteiger partial charge in [-0.2, -0.15) is 5.26 Å². The second-order valence-corrected chi connectivity index (χ2v) is 6.29. The van der Waals surface area contributed by atoms with Crippen LogP contribution >= 0.6 is 11.6 Å². The minimum atomic E-state index is -0.695. The van der Waals surface area contributed by atoms with E-state index in [-0.39, 0.29) is 17.6 Å². The summed E-state index contributed by atoms with van der Waals surface area (Å²) in [6, 6.07) is 12.7. The van der Waals surface area contributed by atoms with Crippen LogP contribution in [0.2, 0.25) is 5.02 Å². The number of anilines is 2. The summed E-state index contributed by atoms with van der Waals surface area (Å²) in [5, 5.41) is 11.2. The molecule has 0 bridgehead atoms. The van der Waals surface area contributed by atoms with Gasteiger partial charge in [0.25, 0.3) is 0 Å². The number of halogens is 2. The quantitative estimate of drug-likeness (QED) is 0.676. The highest BCUT2D eigenvalue weighted by molar-refractivity contribution is 6.31. The lowest BCUT2D eigenvalue weighted by Gasteiger charge is -2.21. The van der Waals surface area contributed by atoms with E-state index in [1.807, 2.05) is 24.3 Å². The highest BCUT2D eigenvalue weighted by atomic mass is 35.5. The summed E-state index contributed by atoms with van der Waals surface area (Å²) >= 11 is 5.84. The molecule has 0 aliphatic carbocycles. The van der Waals surface area contributed by atoms with Crippen molar-refractivity contribution in [2.75, 3.05) is 16.3 Å². The predicted octanol–water partition coefficient (Wildman–Crippen LogP) is 4.37. The summed E-state index contributed by atoms with van der Waals surface area (Å²) in [5.74, 6) is -0.561. The zero-order valence-corrected chi connectivity index (χ0v) is 14.2. The van der Waals surface area contributed by atoms with Crippen molar-refractivity contribution in [2.45, 2.75) is 6.04 Å². The normalized spacial score (nSPS) is 17.0. The molecule has 0 N–H and O–H groups in total. The first-order valence-corrected chi connectivity index (χ1v) is 8.26. The van der Waals surface area contributed by atoms with Gasteiger partial charge >= 0.3 is 6.03 Å². The highest BCUT2D eigenvalue weighted by Crippen LogP contribution is 2.34. The molecule has 0 saturated carbocycles. The molecular formula is C19H12ClFN4O. The van der Waals surface area contributed by atoms with Crippen LogP contribution in [-0.2, 0) is 0 Å². The molecule has 1 saturated heterocycles. The van der Waals surface area contributed by atoms with Crippen LogP contribution in [0.25, 0.3) is 10.8 Å². The van der Waals surface area contributed by atoms with Crippen molar-refractivity contribution in [2.24, 2.45) is 0 Å². The Hall–Kier alpha value is -3.17. The maximum absolute atomic E-state index is 13.4. The van der Waals surface area contributed by atoms with Crippen molar-refractivity contribution < 1.29 is 9.18 Å². The maximum atomic E-state index is 13.4. The van der Waals surface area contributed by atoms with E-state index < -0.39 is 11.9 Å². The van der Waals surface area contributed by atoms with Crippen LogP contribution < -0.4 is 9.80 Å². The van der Waals surface area contributed by atoms with E-state index in [1.54, 1.807) is 12.4 Å². The zero-order valence-electron chi connectivity index (χ0n) is 13.4. The lowest BCUT2D eigenvalue weighted by molar-refractivity contribution is 0.255. The largest absolute Gasteiger partial charge is 0.330 e. The Morgan fingerprint density at radius 2 is 2.04 bits per heavy atom. The number of carbonyl (C=O) groups excluding carboxylic acids is 1. The second-order valence-electron chi connectivity index (χ2n) is 5.89. The average molecular weight is 367 g/mol. The lowest BCUT2D eigenvalue weighted by atomic mass is 10.1. The Morgan fingerprint density at radius 3 is 2.81 bits per heavy atom. The van der Waals surface area contributed by atoms with E-state index in [9.17, 15) is 14.4 Å². The Labute approximate surface area is 153 Å². The van der Waals surface area contributed by atoms with Crippen LogP contribution in [0.15, 0.2) is 54.9 Å². The zero-order chi connectivity index (χ0) is 18.3. The van der Waals surface area contributed by atoms with Crippen LogP contribution in [0.5, 0.6) is 0 Å². The summed E-state index contributed by atoms with van der Waals surface area (Å²) < 4.78 is 13.4. The number of aromatic nitrogens is 1. The number of urea groups is 1. The van der Waals surface area contributed by atoms with E-state index in [2.05, 4.69) is 11.1 Å². The molecule has 0 unspecified atom stereocenters. The molecule has 26 heavy (non-hydrogen) atoms. The lowest BCUT2D eigenvalue weighted by Crippen LogP contribution is -2.34. The molecule has 1 aliphatic heterocycles. The second kappa shape index (κ2) is 6.28. The van der Waals surface area contributed by atoms with Gasteiger partial charge in [-0.3, -0.25) is 14.8 Å². The number of nitrogens with zero attached hydrogens (tertiary/aromatic N) is 4.